The van der Waals surface area contributed by atoms with E-state index in [0.29, 0.717) is 6.42 Å². The van der Waals surface area contributed by atoms with Crippen LogP contribution in [0.25, 0.3) is 0 Å². The number of benzene rings is 1. The Kier molecular flexibility index (Phi) is 6.83. The molecule has 1 aromatic rings. The third-order valence-corrected chi connectivity index (χ3v) is 3.96. The van der Waals surface area contributed by atoms with Gasteiger partial charge in [-0.3, -0.25) is 4.79 Å². The number of aryl methyl sites for hydroxylation is 1. The van der Waals surface area contributed by atoms with Gasteiger partial charge in [0.1, 0.15) is 0 Å². The third-order valence-electron chi connectivity index (χ3n) is 3.43. The number of likely N-dealkylation sites (tertiary alicyclic amines) is 1. The van der Waals surface area contributed by atoms with Gasteiger partial charge in [0.05, 0.1) is 0 Å². The number of nitrogens with two attached hydrogens (primary N) is 1. The number of nitrogens with zero attached hydrogens (tertiary/aromatic N) is 1. The summed E-state index contributed by atoms with van der Waals surface area (Å²) in [7, 11) is 0. The molecule has 0 aliphatic carbocycles. The number of hydrogen-bond acceptors (Lipinski definition) is 2. The summed E-state index contributed by atoms with van der Waals surface area (Å²) in [6.45, 7) is 1.64. The van der Waals surface area contributed by atoms with Crippen LogP contribution in [0.15, 0.2) is 28.7 Å². The van der Waals surface area contributed by atoms with Crippen LogP contribution < -0.4 is 5.73 Å². The molecule has 0 bridgehead atoms. The third kappa shape index (κ3) is 5.13. The first-order chi connectivity index (χ1) is 8.65. The van der Waals surface area contributed by atoms with Crippen LogP contribution in [0, 0.1) is 0 Å². The van der Waals surface area contributed by atoms with E-state index in [9.17, 15) is 4.79 Å². The van der Waals surface area contributed by atoms with E-state index in [1.165, 1.54) is 5.56 Å². The van der Waals surface area contributed by atoms with Gasteiger partial charge in [0.15, 0.2) is 0 Å². The minimum Gasteiger partial charge on any atom is -0.343 e. The summed E-state index contributed by atoms with van der Waals surface area (Å²) in [5.41, 5.74) is 7.04. The Hall–Kier alpha value is -0.580. The van der Waals surface area contributed by atoms with Gasteiger partial charge in [0, 0.05) is 30.0 Å². The Morgan fingerprint density at radius 2 is 1.84 bits per heavy atom. The number of amides is 1. The molecule has 5 heteroatoms. The van der Waals surface area contributed by atoms with Gasteiger partial charge >= 0.3 is 0 Å². The lowest BCUT2D eigenvalue weighted by atomic mass is 10.0. The van der Waals surface area contributed by atoms with E-state index in [4.69, 9.17) is 5.73 Å². The van der Waals surface area contributed by atoms with Crippen LogP contribution >= 0.6 is 28.3 Å². The molecular weight excluding hydrogens is 328 g/mol. The van der Waals surface area contributed by atoms with Crippen molar-refractivity contribution in [3.05, 3.63) is 34.3 Å². The highest BCUT2D eigenvalue weighted by molar-refractivity contribution is 9.10. The number of hydrogen-bond donors (Lipinski definition) is 1. The maximum absolute atomic E-state index is 12.0. The van der Waals surface area contributed by atoms with Crippen LogP contribution in [-0.2, 0) is 11.2 Å². The van der Waals surface area contributed by atoms with Crippen molar-refractivity contribution >= 4 is 34.2 Å². The monoisotopic (exact) mass is 346 g/mol. The lowest BCUT2D eigenvalue weighted by molar-refractivity contribution is -0.132. The first kappa shape index (κ1) is 16.5. The summed E-state index contributed by atoms with van der Waals surface area (Å²) in [6, 6.07) is 8.42. The average molecular weight is 348 g/mol. The SMILES string of the molecule is Cl.NC1CCN(C(=O)CCc2ccc(Br)cc2)CC1. The summed E-state index contributed by atoms with van der Waals surface area (Å²) >= 11 is 3.41. The molecule has 0 aromatic heterocycles. The first-order valence-corrected chi connectivity index (χ1v) is 7.22. The Labute approximate surface area is 129 Å². The smallest absolute Gasteiger partial charge is 0.222 e. The first-order valence-electron chi connectivity index (χ1n) is 6.43. The van der Waals surface area contributed by atoms with Gasteiger partial charge in [0.2, 0.25) is 5.91 Å². The molecular formula is C14H20BrClN2O. The van der Waals surface area contributed by atoms with Crippen molar-refractivity contribution in [1.82, 2.24) is 4.90 Å². The normalized spacial score (nSPS) is 16.0. The van der Waals surface area contributed by atoms with Crippen molar-refractivity contribution in [2.75, 3.05) is 13.1 Å². The molecule has 106 valence electrons. The van der Waals surface area contributed by atoms with Gasteiger partial charge in [-0.25, -0.2) is 0 Å². The van der Waals surface area contributed by atoms with Gasteiger partial charge in [-0.05, 0) is 37.0 Å². The number of piperidine rings is 1. The van der Waals surface area contributed by atoms with E-state index < -0.39 is 0 Å². The Balaban J connectivity index is 0.00000180. The van der Waals surface area contributed by atoms with Crippen LogP contribution in [0.2, 0.25) is 0 Å². The quantitative estimate of drug-likeness (QED) is 0.914. The van der Waals surface area contributed by atoms with Crippen molar-refractivity contribution in [3.63, 3.8) is 0 Å². The highest BCUT2D eigenvalue weighted by atomic mass is 79.9. The zero-order valence-corrected chi connectivity index (χ0v) is 13.3. The molecule has 1 fully saturated rings. The Morgan fingerprint density at radius 3 is 2.42 bits per heavy atom. The molecule has 1 heterocycles. The molecule has 2 rings (SSSR count). The maximum atomic E-state index is 12.0. The fraction of sp³-hybridized carbons (Fsp3) is 0.500. The second-order valence-corrected chi connectivity index (χ2v) is 5.76. The van der Waals surface area contributed by atoms with E-state index in [0.717, 1.165) is 36.8 Å². The molecule has 0 spiro atoms. The molecule has 0 saturated carbocycles. The summed E-state index contributed by atoms with van der Waals surface area (Å²) < 4.78 is 1.07. The summed E-state index contributed by atoms with van der Waals surface area (Å²) in [4.78, 5) is 14.0. The highest BCUT2D eigenvalue weighted by Gasteiger charge is 2.19. The zero-order chi connectivity index (χ0) is 13.0. The largest absolute Gasteiger partial charge is 0.343 e. The molecule has 1 aliphatic rings. The molecule has 0 radical (unpaired) electrons. The second kappa shape index (κ2) is 7.88. The summed E-state index contributed by atoms with van der Waals surface area (Å²) in [5, 5.41) is 0. The molecule has 1 aromatic carbocycles. The van der Waals surface area contributed by atoms with Crippen LogP contribution in [0.1, 0.15) is 24.8 Å². The Bertz CT molecular complexity index is 402. The second-order valence-electron chi connectivity index (χ2n) is 4.84. The van der Waals surface area contributed by atoms with Gasteiger partial charge in [-0.1, -0.05) is 28.1 Å². The number of carbonyl (C=O) groups excluding carboxylic acids is 1. The van der Waals surface area contributed by atoms with Crippen LogP contribution in [0.4, 0.5) is 0 Å². The number of rotatable bonds is 3. The lowest BCUT2D eigenvalue weighted by Gasteiger charge is -2.30. The van der Waals surface area contributed by atoms with E-state index in [1.807, 2.05) is 17.0 Å². The van der Waals surface area contributed by atoms with E-state index >= 15 is 0 Å². The number of halogens is 2. The minimum absolute atomic E-state index is 0. The molecule has 3 nitrogen and oxygen atoms in total. The fourth-order valence-corrected chi connectivity index (χ4v) is 2.47. The van der Waals surface area contributed by atoms with Gasteiger partial charge in [-0.15, -0.1) is 12.4 Å². The topological polar surface area (TPSA) is 46.3 Å². The summed E-state index contributed by atoms with van der Waals surface area (Å²) in [5.74, 6) is 0.254. The van der Waals surface area contributed by atoms with Crippen molar-refractivity contribution in [2.45, 2.75) is 31.7 Å². The molecule has 1 amide bonds. The molecule has 1 aliphatic heterocycles. The van der Waals surface area contributed by atoms with Crippen LogP contribution in [0.5, 0.6) is 0 Å². The van der Waals surface area contributed by atoms with Crippen molar-refractivity contribution in [3.8, 4) is 0 Å². The van der Waals surface area contributed by atoms with Crippen molar-refractivity contribution in [2.24, 2.45) is 5.73 Å². The van der Waals surface area contributed by atoms with Crippen LogP contribution in [-0.4, -0.2) is 29.9 Å². The zero-order valence-electron chi connectivity index (χ0n) is 10.8. The molecule has 19 heavy (non-hydrogen) atoms. The van der Waals surface area contributed by atoms with Gasteiger partial charge in [0.25, 0.3) is 0 Å². The van der Waals surface area contributed by atoms with E-state index in [2.05, 4.69) is 28.1 Å². The molecule has 2 N–H and O–H groups in total. The fourth-order valence-electron chi connectivity index (χ4n) is 2.21. The summed E-state index contributed by atoms with van der Waals surface area (Å²) in [6.07, 6.45) is 3.28. The average Bonchev–Trinajstić information content (AvgIpc) is 2.38. The predicted molar refractivity (Wildman–Crippen MR) is 83.5 cm³/mol. The van der Waals surface area contributed by atoms with Gasteiger partial charge < -0.3 is 10.6 Å². The van der Waals surface area contributed by atoms with Crippen molar-refractivity contribution < 1.29 is 4.79 Å². The van der Waals surface area contributed by atoms with E-state index in [-0.39, 0.29) is 24.4 Å². The van der Waals surface area contributed by atoms with Gasteiger partial charge in [-0.2, -0.15) is 0 Å². The van der Waals surface area contributed by atoms with E-state index in [1.54, 1.807) is 0 Å². The standard InChI is InChI=1S/C14H19BrN2O.ClH/c15-12-4-1-11(2-5-12)3-6-14(18)17-9-7-13(16)8-10-17;/h1-2,4-5,13H,3,6-10,16H2;1H. The predicted octanol–water partition coefficient (Wildman–Crippen LogP) is 2.75. The maximum Gasteiger partial charge on any atom is 0.222 e. The Morgan fingerprint density at radius 1 is 1.26 bits per heavy atom. The van der Waals surface area contributed by atoms with Crippen LogP contribution in [0.3, 0.4) is 0 Å². The minimum atomic E-state index is 0. The number of carbonyl (C=O) groups is 1. The molecule has 1 saturated heterocycles. The lowest BCUT2D eigenvalue weighted by Crippen LogP contribution is -2.42. The highest BCUT2D eigenvalue weighted by Crippen LogP contribution is 2.14. The van der Waals surface area contributed by atoms with Crippen molar-refractivity contribution in [1.29, 1.82) is 0 Å². The molecule has 0 atom stereocenters. The molecule has 0 unspecified atom stereocenters.